The third-order valence-electron chi connectivity index (χ3n) is 4.40. The molecule has 0 bridgehead atoms. The molecule has 0 saturated heterocycles. The predicted molar refractivity (Wildman–Crippen MR) is 74.1 cm³/mol. The van der Waals surface area contributed by atoms with Crippen molar-refractivity contribution in [2.45, 2.75) is 26.4 Å². The van der Waals surface area contributed by atoms with Gasteiger partial charge in [-0.2, -0.15) is 13.2 Å². The Bertz CT molecular complexity index is 608. The second kappa shape index (κ2) is 8.16. The summed E-state index contributed by atoms with van der Waals surface area (Å²) in [7, 11) is 0. The average Bonchev–Trinajstić information content (AvgIpc) is 2.91. The number of aromatic nitrogens is 1. The summed E-state index contributed by atoms with van der Waals surface area (Å²) in [6.07, 6.45) is -4.31. The molecule has 1 saturated carbocycles. The molecule has 1 aromatic rings. The Balaban J connectivity index is 0.00000288. The zero-order chi connectivity index (χ0) is 17.4. The third kappa shape index (κ3) is 4.50. The van der Waals surface area contributed by atoms with E-state index in [-0.39, 0.29) is 59.4 Å². The van der Waals surface area contributed by atoms with Crippen molar-refractivity contribution < 1.29 is 57.4 Å². The minimum Gasteiger partial charge on any atom is -0.550 e. The Morgan fingerprint density at radius 2 is 1.88 bits per heavy atom. The number of carboxylic acids is 1. The molecular formula is C14H16F3N2NaO3S. The van der Waals surface area contributed by atoms with Crippen LogP contribution in [0.15, 0.2) is 5.38 Å². The summed E-state index contributed by atoms with van der Waals surface area (Å²) in [4.78, 5) is 26.6. The van der Waals surface area contributed by atoms with Gasteiger partial charge >= 0.3 is 35.7 Å². The van der Waals surface area contributed by atoms with Crippen LogP contribution in [-0.4, -0.2) is 23.4 Å². The predicted octanol–water partition coefficient (Wildman–Crippen LogP) is -1.91. The molecule has 1 aliphatic carbocycles. The normalized spacial score (nSPS) is 26.2. The quantitative estimate of drug-likeness (QED) is 0.612. The van der Waals surface area contributed by atoms with Crippen LogP contribution in [0.4, 0.5) is 13.2 Å². The van der Waals surface area contributed by atoms with Gasteiger partial charge in [0.15, 0.2) is 5.69 Å². The first-order valence-electron chi connectivity index (χ1n) is 7.13. The van der Waals surface area contributed by atoms with Crippen molar-refractivity contribution in [1.82, 2.24) is 10.3 Å². The second-order valence-corrected chi connectivity index (χ2v) is 6.70. The Morgan fingerprint density at radius 1 is 1.29 bits per heavy atom. The van der Waals surface area contributed by atoms with Crippen molar-refractivity contribution in [3.05, 3.63) is 16.1 Å². The molecule has 1 fully saturated rings. The van der Waals surface area contributed by atoms with E-state index in [0.29, 0.717) is 0 Å². The summed E-state index contributed by atoms with van der Waals surface area (Å²) >= 11 is 0.876. The number of carboxylic acid groups (broad SMARTS) is 1. The van der Waals surface area contributed by atoms with Crippen molar-refractivity contribution in [2.24, 2.45) is 23.7 Å². The molecular weight excluding hydrogens is 356 g/mol. The molecule has 2 rings (SSSR count). The Hall–Kier alpha value is -0.640. The molecule has 4 atom stereocenters. The number of amides is 1. The zero-order valence-electron chi connectivity index (χ0n) is 13.5. The number of aliphatic carboxylic acids is 1. The molecule has 1 aliphatic rings. The molecule has 0 radical (unpaired) electrons. The standard InChI is InChI=1S/C14H17F3N2O3S.Na/c1-6-7(2)11(13(21)22)10(6)12(20)18-4-3-9-19-8(5-23-9)14(15,16)17;/h5-7,10-11H,3-4H2,1-2H3,(H,18,20)(H,21,22);/q;+1/p-1/t6?,7?,10-,11+;/m0./s1. The van der Waals surface area contributed by atoms with E-state index in [9.17, 15) is 27.9 Å². The molecule has 0 aliphatic heterocycles. The molecule has 5 nitrogen and oxygen atoms in total. The van der Waals surface area contributed by atoms with Gasteiger partial charge in [-0.15, -0.1) is 11.3 Å². The summed E-state index contributed by atoms with van der Waals surface area (Å²) < 4.78 is 37.3. The molecule has 2 unspecified atom stereocenters. The van der Waals surface area contributed by atoms with Crippen LogP contribution in [-0.2, 0) is 22.2 Å². The maximum absolute atomic E-state index is 12.4. The first kappa shape index (κ1) is 21.4. The molecule has 1 N–H and O–H groups in total. The van der Waals surface area contributed by atoms with Gasteiger partial charge in [0.25, 0.3) is 0 Å². The molecule has 1 amide bonds. The Labute approximate surface area is 163 Å². The fourth-order valence-electron chi connectivity index (χ4n) is 2.89. The van der Waals surface area contributed by atoms with Crippen molar-refractivity contribution in [1.29, 1.82) is 0 Å². The second-order valence-electron chi connectivity index (χ2n) is 5.75. The monoisotopic (exact) mass is 372 g/mol. The number of halogens is 3. The summed E-state index contributed by atoms with van der Waals surface area (Å²) in [6, 6.07) is 0. The molecule has 128 valence electrons. The van der Waals surface area contributed by atoms with E-state index < -0.39 is 35.6 Å². The van der Waals surface area contributed by atoms with Crippen molar-refractivity contribution >= 4 is 23.2 Å². The van der Waals surface area contributed by atoms with Crippen LogP contribution in [0.5, 0.6) is 0 Å². The maximum Gasteiger partial charge on any atom is 1.00 e. The van der Waals surface area contributed by atoms with Crippen molar-refractivity contribution in [2.75, 3.05) is 6.54 Å². The molecule has 1 heterocycles. The van der Waals surface area contributed by atoms with Crippen LogP contribution in [0.25, 0.3) is 0 Å². The van der Waals surface area contributed by atoms with Crippen molar-refractivity contribution in [3.63, 3.8) is 0 Å². The number of thiazole rings is 1. The number of carbonyl (C=O) groups is 2. The van der Waals surface area contributed by atoms with E-state index in [4.69, 9.17) is 0 Å². The number of nitrogens with zero attached hydrogens (tertiary/aromatic N) is 1. The largest absolute Gasteiger partial charge is 1.00 e. The molecule has 10 heteroatoms. The smallest absolute Gasteiger partial charge is 0.550 e. The van der Waals surface area contributed by atoms with E-state index in [2.05, 4.69) is 10.3 Å². The van der Waals surface area contributed by atoms with E-state index in [1.54, 1.807) is 13.8 Å². The van der Waals surface area contributed by atoms with Gasteiger partial charge in [0.05, 0.1) is 5.01 Å². The summed E-state index contributed by atoms with van der Waals surface area (Å²) in [6.45, 7) is 3.66. The molecule has 1 aromatic heterocycles. The number of carbonyl (C=O) groups excluding carboxylic acids is 2. The molecule has 24 heavy (non-hydrogen) atoms. The third-order valence-corrected chi connectivity index (χ3v) is 5.31. The van der Waals surface area contributed by atoms with Crippen LogP contribution in [0.3, 0.4) is 0 Å². The summed E-state index contributed by atoms with van der Waals surface area (Å²) in [5.74, 6) is -3.33. The van der Waals surface area contributed by atoms with Gasteiger partial charge in [0.1, 0.15) is 0 Å². The SMILES string of the molecule is CC1C(C)[C@H](C(=O)NCCc2nc(C(F)(F)F)cs2)[C@@H]1C(=O)[O-].[Na+]. The van der Waals surface area contributed by atoms with Crippen LogP contribution in [0.1, 0.15) is 24.5 Å². The first-order chi connectivity index (χ1) is 10.6. The first-order valence-corrected chi connectivity index (χ1v) is 8.01. The fourth-order valence-corrected chi connectivity index (χ4v) is 3.70. The minimum absolute atomic E-state index is 0. The average molecular weight is 372 g/mol. The van der Waals surface area contributed by atoms with Gasteiger partial charge in [-0.1, -0.05) is 13.8 Å². The van der Waals surface area contributed by atoms with Crippen LogP contribution in [0, 0.1) is 23.7 Å². The van der Waals surface area contributed by atoms with Crippen LogP contribution >= 0.6 is 11.3 Å². The van der Waals surface area contributed by atoms with Gasteiger partial charge in [-0.05, 0) is 11.8 Å². The van der Waals surface area contributed by atoms with E-state index in [1.807, 2.05) is 0 Å². The zero-order valence-corrected chi connectivity index (χ0v) is 16.3. The van der Waals surface area contributed by atoms with Gasteiger partial charge in [0, 0.05) is 36.2 Å². The van der Waals surface area contributed by atoms with E-state index in [0.717, 1.165) is 16.7 Å². The summed E-state index contributed by atoms with van der Waals surface area (Å²) in [5, 5.41) is 14.8. The fraction of sp³-hybridized carbons (Fsp3) is 0.643. The van der Waals surface area contributed by atoms with E-state index in [1.165, 1.54) is 0 Å². The Morgan fingerprint density at radius 3 is 2.38 bits per heavy atom. The van der Waals surface area contributed by atoms with Gasteiger partial charge in [-0.3, -0.25) is 4.79 Å². The van der Waals surface area contributed by atoms with Crippen molar-refractivity contribution in [3.8, 4) is 0 Å². The summed E-state index contributed by atoms with van der Waals surface area (Å²) in [5.41, 5.74) is -0.942. The molecule has 0 spiro atoms. The number of hydrogen-bond donors (Lipinski definition) is 1. The van der Waals surface area contributed by atoms with Crippen LogP contribution in [0.2, 0.25) is 0 Å². The topological polar surface area (TPSA) is 82.1 Å². The molecule has 0 aromatic carbocycles. The van der Waals surface area contributed by atoms with Gasteiger partial charge in [-0.25, -0.2) is 4.98 Å². The number of rotatable bonds is 5. The minimum atomic E-state index is -4.47. The van der Waals surface area contributed by atoms with Gasteiger partial charge in [0.2, 0.25) is 5.91 Å². The Kier molecular flexibility index (Phi) is 7.28. The van der Waals surface area contributed by atoms with E-state index >= 15 is 0 Å². The maximum atomic E-state index is 12.4. The number of hydrogen-bond acceptors (Lipinski definition) is 5. The number of alkyl halides is 3. The van der Waals surface area contributed by atoms with Crippen LogP contribution < -0.4 is 40.0 Å². The van der Waals surface area contributed by atoms with Gasteiger partial charge < -0.3 is 15.2 Å². The number of nitrogens with one attached hydrogen (secondary N) is 1.